The quantitative estimate of drug-likeness (QED) is 0.804. The van der Waals surface area contributed by atoms with Crippen molar-refractivity contribution in [1.29, 1.82) is 0 Å². The number of fused-ring (bicyclic) bond motifs is 1. The van der Waals surface area contributed by atoms with E-state index in [1.807, 2.05) is 0 Å². The van der Waals surface area contributed by atoms with E-state index in [4.69, 9.17) is 0 Å². The average molecular weight is 204 g/mol. The van der Waals surface area contributed by atoms with Gasteiger partial charge in [-0.25, -0.2) is 0 Å². The molecule has 0 fully saturated rings. The number of nitrogens with zero attached hydrogens (tertiary/aromatic N) is 1. The van der Waals surface area contributed by atoms with Crippen molar-refractivity contribution in [1.82, 2.24) is 10.2 Å². The van der Waals surface area contributed by atoms with Crippen LogP contribution in [-0.2, 0) is 19.5 Å². The molecular formula is C13H20N2. The van der Waals surface area contributed by atoms with Crippen molar-refractivity contribution in [2.75, 3.05) is 20.6 Å². The van der Waals surface area contributed by atoms with Gasteiger partial charge in [0.25, 0.3) is 0 Å². The number of nitrogens with one attached hydrogen (secondary N) is 1. The minimum Gasteiger partial charge on any atom is -0.309 e. The highest BCUT2D eigenvalue weighted by Crippen LogP contribution is 2.17. The van der Waals surface area contributed by atoms with Crippen LogP contribution in [0.1, 0.15) is 23.1 Å². The zero-order valence-corrected chi connectivity index (χ0v) is 9.71. The third-order valence-electron chi connectivity index (χ3n) is 2.97. The summed E-state index contributed by atoms with van der Waals surface area (Å²) >= 11 is 0. The molecule has 0 atom stereocenters. The molecule has 0 spiro atoms. The monoisotopic (exact) mass is 204 g/mol. The summed E-state index contributed by atoms with van der Waals surface area (Å²) in [7, 11) is 4.26. The molecule has 2 nitrogen and oxygen atoms in total. The van der Waals surface area contributed by atoms with Gasteiger partial charge in [-0.3, -0.25) is 0 Å². The molecule has 0 aromatic heterocycles. The van der Waals surface area contributed by atoms with E-state index in [0.29, 0.717) is 0 Å². The Bertz CT molecular complexity index is 331. The molecule has 15 heavy (non-hydrogen) atoms. The fourth-order valence-corrected chi connectivity index (χ4v) is 2.10. The van der Waals surface area contributed by atoms with Gasteiger partial charge in [-0.1, -0.05) is 18.2 Å². The van der Waals surface area contributed by atoms with Crippen molar-refractivity contribution in [3.8, 4) is 0 Å². The molecule has 0 bridgehead atoms. The molecule has 1 aromatic carbocycles. The van der Waals surface area contributed by atoms with Crippen molar-refractivity contribution >= 4 is 0 Å². The topological polar surface area (TPSA) is 15.3 Å². The van der Waals surface area contributed by atoms with E-state index in [2.05, 4.69) is 42.5 Å². The molecule has 2 heteroatoms. The number of aryl methyl sites for hydroxylation is 1. The lowest BCUT2D eigenvalue weighted by atomic mass is 10.0. The number of hydrogen-bond donors (Lipinski definition) is 1. The second-order valence-corrected chi connectivity index (χ2v) is 4.61. The normalized spacial score (nSPS) is 14.6. The zero-order chi connectivity index (χ0) is 10.7. The van der Waals surface area contributed by atoms with E-state index in [1.165, 1.54) is 36.1 Å². The number of hydrogen-bond acceptors (Lipinski definition) is 2. The third-order valence-corrected chi connectivity index (χ3v) is 2.97. The standard InChI is InChI=1S/C13H20N2/c1-15(2)7-3-4-11-5-6-12-9-14-10-13(12)8-11/h5-6,8,14H,3-4,7,9-10H2,1-2H3. The third kappa shape index (κ3) is 2.80. The SMILES string of the molecule is CN(C)CCCc1ccc2c(c1)CNC2. The number of benzene rings is 1. The van der Waals surface area contributed by atoms with Crippen LogP contribution in [0.15, 0.2) is 18.2 Å². The van der Waals surface area contributed by atoms with Crippen molar-refractivity contribution < 1.29 is 0 Å². The Morgan fingerprint density at radius 2 is 2.00 bits per heavy atom. The first-order valence-electron chi connectivity index (χ1n) is 5.72. The predicted molar refractivity (Wildman–Crippen MR) is 63.9 cm³/mol. The Kier molecular flexibility index (Phi) is 3.39. The van der Waals surface area contributed by atoms with Crippen LogP contribution in [-0.4, -0.2) is 25.5 Å². The summed E-state index contributed by atoms with van der Waals surface area (Å²) in [5.74, 6) is 0. The molecule has 0 amide bonds. The van der Waals surface area contributed by atoms with E-state index >= 15 is 0 Å². The summed E-state index contributed by atoms with van der Waals surface area (Å²) in [6.45, 7) is 3.28. The lowest BCUT2D eigenvalue weighted by molar-refractivity contribution is 0.400. The average Bonchev–Trinajstić information content (AvgIpc) is 2.64. The van der Waals surface area contributed by atoms with Crippen LogP contribution in [0, 0.1) is 0 Å². The Balaban J connectivity index is 1.92. The van der Waals surface area contributed by atoms with Crippen LogP contribution in [0.5, 0.6) is 0 Å². The highest BCUT2D eigenvalue weighted by Gasteiger charge is 2.09. The lowest BCUT2D eigenvalue weighted by Gasteiger charge is -2.09. The van der Waals surface area contributed by atoms with Gasteiger partial charge in [-0.2, -0.15) is 0 Å². The molecule has 0 radical (unpaired) electrons. The van der Waals surface area contributed by atoms with Crippen LogP contribution < -0.4 is 5.32 Å². The Hall–Kier alpha value is -0.860. The van der Waals surface area contributed by atoms with Crippen molar-refractivity contribution in [2.45, 2.75) is 25.9 Å². The van der Waals surface area contributed by atoms with Crippen molar-refractivity contribution in [3.05, 3.63) is 34.9 Å². The molecule has 1 aliphatic rings. The summed E-state index contributed by atoms with van der Waals surface area (Å²) in [6.07, 6.45) is 2.45. The van der Waals surface area contributed by atoms with Crippen LogP contribution in [0.3, 0.4) is 0 Å². The van der Waals surface area contributed by atoms with E-state index < -0.39 is 0 Å². The summed E-state index contributed by atoms with van der Waals surface area (Å²) in [6, 6.07) is 6.92. The Morgan fingerprint density at radius 1 is 1.20 bits per heavy atom. The first-order valence-corrected chi connectivity index (χ1v) is 5.72. The first-order chi connectivity index (χ1) is 7.25. The molecule has 1 aliphatic heterocycles. The van der Waals surface area contributed by atoms with E-state index in [9.17, 15) is 0 Å². The zero-order valence-electron chi connectivity index (χ0n) is 9.71. The molecule has 0 aliphatic carbocycles. The van der Waals surface area contributed by atoms with E-state index in [-0.39, 0.29) is 0 Å². The summed E-state index contributed by atoms with van der Waals surface area (Å²) in [5, 5.41) is 3.38. The highest BCUT2D eigenvalue weighted by molar-refractivity contribution is 5.34. The summed E-state index contributed by atoms with van der Waals surface area (Å²) < 4.78 is 0. The largest absolute Gasteiger partial charge is 0.309 e. The van der Waals surface area contributed by atoms with Crippen molar-refractivity contribution in [3.63, 3.8) is 0 Å². The molecule has 0 saturated carbocycles. The Labute approximate surface area is 92.3 Å². The van der Waals surface area contributed by atoms with Gasteiger partial charge in [0.15, 0.2) is 0 Å². The molecule has 1 heterocycles. The van der Waals surface area contributed by atoms with Gasteiger partial charge in [0, 0.05) is 13.1 Å². The fraction of sp³-hybridized carbons (Fsp3) is 0.538. The minimum absolute atomic E-state index is 1.05. The highest BCUT2D eigenvalue weighted by atomic mass is 15.0. The second-order valence-electron chi connectivity index (χ2n) is 4.61. The van der Waals surface area contributed by atoms with E-state index in [0.717, 1.165) is 13.1 Å². The first kappa shape index (κ1) is 10.7. The van der Waals surface area contributed by atoms with Crippen LogP contribution >= 0.6 is 0 Å². The van der Waals surface area contributed by atoms with Gasteiger partial charge in [0.05, 0.1) is 0 Å². The predicted octanol–water partition coefficient (Wildman–Crippen LogP) is 1.78. The molecule has 0 saturated heterocycles. The van der Waals surface area contributed by atoms with Gasteiger partial charge in [-0.05, 0) is 50.2 Å². The fourth-order valence-electron chi connectivity index (χ4n) is 2.10. The molecular weight excluding hydrogens is 184 g/mol. The molecule has 2 rings (SSSR count). The summed E-state index contributed by atoms with van der Waals surface area (Å²) in [5.41, 5.74) is 4.46. The minimum atomic E-state index is 1.05. The Morgan fingerprint density at radius 3 is 2.80 bits per heavy atom. The molecule has 1 N–H and O–H groups in total. The molecule has 1 aromatic rings. The summed E-state index contributed by atoms with van der Waals surface area (Å²) in [4.78, 5) is 2.24. The smallest absolute Gasteiger partial charge is 0.0212 e. The van der Waals surface area contributed by atoms with Crippen LogP contribution in [0.4, 0.5) is 0 Å². The maximum atomic E-state index is 3.38. The van der Waals surface area contributed by atoms with Gasteiger partial charge >= 0.3 is 0 Å². The van der Waals surface area contributed by atoms with Crippen LogP contribution in [0.2, 0.25) is 0 Å². The van der Waals surface area contributed by atoms with Gasteiger partial charge in [0.1, 0.15) is 0 Å². The maximum Gasteiger partial charge on any atom is 0.0212 e. The van der Waals surface area contributed by atoms with Gasteiger partial charge in [-0.15, -0.1) is 0 Å². The lowest BCUT2D eigenvalue weighted by Crippen LogP contribution is -2.13. The molecule has 82 valence electrons. The van der Waals surface area contributed by atoms with Gasteiger partial charge < -0.3 is 10.2 Å². The van der Waals surface area contributed by atoms with Gasteiger partial charge in [0.2, 0.25) is 0 Å². The molecule has 0 unspecified atom stereocenters. The second kappa shape index (κ2) is 4.77. The maximum absolute atomic E-state index is 3.38. The van der Waals surface area contributed by atoms with E-state index in [1.54, 1.807) is 0 Å². The van der Waals surface area contributed by atoms with Crippen LogP contribution in [0.25, 0.3) is 0 Å². The number of rotatable bonds is 4. The van der Waals surface area contributed by atoms with Crippen molar-refractivity contribution in [2.24, 2.45) is 0 Å².